The van der Waals surface area contributed by atoms with E-state index in [4.69, 9.17) is 11.6 Å². The fraction of sp³-hybridized carbons (Fsp3) is 0.353. The van der Waals surface area contributed by atoms with Crippen molar-refractivity contribution in [2.75, 3.05) is 20.6 Å². The van der Waals surface area contributed by atoms with Gasteiger partial charge in [-0.3, -0.25) is 4.98 Å². The van der Waals surface area contributed by atoms with Crippen LogP contribution < -0.4 is 0 Å². The van der Waals surface area contributed by atoms with Crippen molar-refractivity contribution in [1.29, 1.82) is 0 Å². The van der Waals surface area contributed by atoms with Crippen LogP contribution in [0.3, 0.4) is 0 Å². The number of alkyl halides is 3. The molecule has 1 aromatic carbocycles. The third kappa shape index (κ3) is 4.94. The van der Waals surface area contributed by atoms with Crippen molar-refractivity contribution in [3.8, 4) is 0 Å². The minimum atomic E-state index is -4.37. The molecule has 2 nitrogen and oxygen atoms in total. The van der Waals surface area contributed by atoms with Gasteiger partial charge in [0.05, 0.1) is 5.56 Å². The fourth-order valence-electron chi connectivity index (χ4n) is 2.38. The average Bonchev–Trinajstić information content (AvgIpc) is 2.48. The number of rotatable bonds is 5. The molecule has 0 saturated heterocycles. The summed E-state index contributed by atoms with van der Waals surface area (Å²) in [4.78, 5) is 6.18. The number of nitrogens with zero attached hydrogens (tertiary/aromatic N) is 2. The third-order valence-corrected chi connectivity index (χ3v) is 3.85. The van der Waals surface area contributed by atoms with Crippen molar-refractivity contribution >= 4 is 11.6 Å². The van der Waals surface area contributed by atoms with Gasteiger partial charge in [-0.25, -0.2) is 0 Å². The van der Waals surface area contributed by atoms with Crippen molar-refractivity contribution in [1.82, 2.24) is 9.88 Å². The van der Waals surface area contributed by atoms with Crippen LogP contribution in [0, 0.1) is 0 Å². The van der Waals surface area contributed by atoms with E-state index in [1.165, 1.54) is 6.20 Å². The summed E-state index contributed by atoms with van der Waals surface area (Å²) in [7, 11) is 3.86. The van der Waals surface area contributed by atoms with Crippen LogP contribution in [0.15, 0.2) is 42.6 Å². The second kappa shape index (κ2) is 7.32. The Morgan fingerprint density at radius 2 is 1.78 bits per heavy atom. The molecule has 1 heterocycles. The summed E-state index contributed by atoms with van der Waals surface area (Å²) in [6.45, 7) is 0.741. The predicted octanol–water partition coefficient (Wildman–Crippen LogP) is 4.84. The number of pyridine rings is 1. The van der Waals surface area contributed by atoms with Gasteiger partial charge in [0, 0.05) is 22.8 Å². The molecule has 6 heteroatoms. The van der Waals surface area contributed by atoms with Crippen LogP contribution in [0.25, 0.3) is 0 Å². The van der Waals surface area contributed by atoms with Gasteiger partial charge in [-0.15, -0.1) is 0 Å². The number of hydrogen-bond donors (Lipinski definition) is 0. The van der Waals surface area contributed by atoms with Crippen LogP contribution in [0.1, 0.15) is 29.2 Å². The van der Waals surface area contributed by atoms with E-state index in [2.05, 4.69) is 4.98 Å². The Morgan fingerprint density at radius 3 is 2.35 bits per heavy atom. The first-order valence-electron chi connectivity index (χ1n) is 7.20. The van der Waals surface area contributed by atoms with Crippen LogP contribution >= 0.6 is 11.6 Å². The zero-order valence-electron chi connectivity index (χ0n) is 12.9. The Hall–Kier alpha value is -1.59. The largest absolute Gasteiger partial charge is 0.416 e. The molecule has 0 bridgehead atoms. The van der Waals surface area contributed by atoms with Gasteiger partial charge >= 0.3 is 6.18 Å². The van der Waals surface area contributed by atoms with Crippen LogP contribution in [0.4, 0.5) is 13.2 Å². The maximum atomic E-state index is 12.9. The van der Waals surface area contributed by atoms with E-state index >= 15 is 0 Å². The molecule has 124 valence electrons. The number of halogens is 4. The maximum Gasteiger partial charge on any atom is 0.416 e. The first-order valence-corrected chi connectivity index (χ1v) is 7.58. The second-order valence-corrected chi connectivity index (χ2v) is 6.10. The van der Waals surface area contributed by atoms with E-state index in [0.29, 0.717) is 17.1 Å². The highest BCUT2D eigenvalue weighted by molar-refractivity contribution is 6.30. The molecule has 0 N–H and O–H groups in total. The van der Waals surface area contributed by atoms with Gasteiger partial charge in [-0.05, 0) is 56.9 Å². The smallest absolute Gasteiger partial charge is 0.309 e. The summed E-state index contributed by atoms with van der Waals surface area (Å²) < 4.78 is 38.8. The van der Waals surface area contributed by atoms with Crippen LogP contribution in [-0.4, -0.2) is 30.5 Å². The minimum Gasteiger partial charge on any atom is -0.309 e. The highest BCUT2D eigenvalue weighted by Crippen LogP contribution is 2.33. The lowest BCUT2D eigenvalue weighted by Crippen LogP contribution is -2.17. The van der Waals surface area contributed by atoms with Crippen molar-refractivity contribution in [3.63, 3.8) is 0 Å². The molecule has 2 aromatic rings. The lowest BCUT2D eigenvalue weighted by atomic mass is 9.91. The summed E-state index contributed by atoms with van der Waals surface area (Å²) in [5, 5.41) is 0.595. The summed E-state index contributed by atoms with van der Waals surface area (Å²) in [6.07, 6.45) is -2.48. The molecule has 0 radical (unpaired) electrons. The van der Waals surface area contributed by atoms with E-state index < -0.39 is 11.7 Å². The lowest BCUT2D eigenvalue weighted by Gasteiger charge is -2.20. The van der Waals surface area contributed by atoms with Crippen LogP contribution in [-0.2, 0) is 6.18 Å². The van der Waals surface area contributed by atoms with Gasteiger partial charge in [-0.2, -0.15) is 13.2 Å². The van der Waals surface area contributed by atoms with Crippen LogP contribution in [0.2, 0.25) is 5.02 Å². The normalized spacial score (nSPS) is 13.3. The van der Waals surface area contributed by atoms with E-state index in [9.17, 15) is 13.2 Å². The molecule has 0 aliphatic carbocycles. The zero-order valence-corrected chi connectivity index (χ0v) is 13.7. The van der Waals surface area contributed by atoms with Gasteiger partial charge in [0.15, 0.2) is 0 Å². The van der Waals surface area contributed by atoms with E-state index in [1.54, 1.807) is 12.1 Å². The monoisotopic (exact) mass is 342 g/mol. The molecule has 1 unspecified atom stereocenters. The Labute approximate surface area is 138 Å². The highest BCUT2D eigenvalue weighted by atomic mass is 35.5. The highest BCUT2D eigenvalue weighted by Gasteiger charge is 2.31. The lowest BCUT2D eigenvalue weighted by molar-refractivity contribution is -0.137. The fourth-order valence-corrected chi connectivity index (χ4v) is 2.51. The Balaban J connectivity index is 2.38. The molecule has 0 aliphatic heterocycles. The molecule has 23 heavy (non-hydrogen) atoms. The van der Waals surface area contributed by atoms with Crippen molar-refractivity contribution in [2.24, 2.45) is 0 Å². The molecular weight excluding hydrogens is 325 g/mol. The first kappa shape index (κ1) is 17.8. The number of benzene rings is 1. The van der Waals surface area contributed by atoms with Gasteiger partial charge < -0.3 is 4.90 Å². The number of hydrogen-bond acceptors (Lipinski definition) is 2. The Bertz CT molecular complexity index is 639. The first-order chi connectivity index (χ1) is 10.8. The topological polar surface area (TPSA) is 16.1 Å². The molecule has 1 atom stereocenters. The summed E-state index contributed by atoms with van der Waals surface area (Å²) >= 11 is 5.90. The quantitative estimate of drug-likeness (QED) is 0.773. The van der Waals surface area contributed by atoms with Crippen molar-refractivity contribution < 1.29 is 13.2 Å². The van der Waals surface area contributed by atoms with E-state index in [1.807, 2.05) is 31.1 Å². The standard InChI is InChI=1S/C17H18ClF3N2/c1-23(2)10-8-15(12-3-5-14(18)6-4-12)16-11-13(7-9-22-16)17(19,20)21/h3-7,9,11,15H,8,10H2,1-2H3. The SMILES string of the molecule is CN(C)CCC(c1ccc(Cl)cc1)c1cc(C(F)(F)F)ccn1. The summed E-state index contributed by atoms with van der Waals surface area (Å²) in [6, 6.07) is 9.29. The molecule has 0 saturated carbocycles. The molecule has 0 amide bonds. The molecule has 2 rings (SSSR count). The summed E-state index contributed by atoms with van der Waals surface area (Å²) in [5.41, 5.74) is 0.651. The zero-order chi connectivity index (χ0) is 17.0. The van der Waals surface area contributed by atoms with Gasteiger partial charge in [0.2, 0.25) is 0 Å². The van der Waals surface area contributed by atoms with Gasteiger partial charge in [0.1, 0.15) is 0 Å². The van der Waals surface area contributed by atoms with Crippen LogP contribution in [0.5, 0.6) is 0 Å². The molecule has 0 spiro atoms. The molecule has 0 fully saturated rings. The van der Waals surface area contributed by atoms with Crippen molar-refractivity contribution in [2.45, 2.75) is 18.5 Å². The number of aromatic nitrogens is 1. The van der Waals surface area contributed by atoms with Gasteiger partial charge in [-0.1, -0.05) is 23.7 Å². The van der Waals surface area contributed by atoms with E-state index in [0.717, 1.165) is 24.2 Å². The second-order valence-electron chi connectivity index (χ2n) is 5.66. The Morgan fingerprint density at radius 1 is 1.13 bits per heavy atom. The minimum absolute atomic E-state index is 0.211. The average molecular weight is 343 g/mol. The van der Waals surface area contributed by atoms with Crippen molar-refractivity contribution in [3.05, 3.63) is 64.4 Å². The van der Waals surface area contributed by atoms with E-state index in [-0.39, 0.29) is 5.92 Å². The summed E-state index contributed by atoms with van der Waals surface area (Å²) in [5.74, 6) is -0.211. The Kier molecular flexibility index (Phi) is 5.65. The molecular formula is C17H18ClF3N2. The maximum absolute atomic E-state index is 12.9. The molecule has 0 aliphatic rings. The third-order valence-electron chi connectivity index (χ3n) is 3.60. The predicted molar refractivity (Wildman–Crippen MR) is 85.7 cm³/mol. The van der Waals surface area contributed by atoms with Gasteiger partial charge in [0.25, 0.3) is 0 Å². The molecule has 1 aromatic heterocycles.